The zero-order chi connectivity index (χ0) is 31.1. The van der Waals surface area contributed by atoms with Crippen LogP contribution in [-0.2, 0) is 6.54 Å². The topological polar surface area (TPSA) is 74.0 Å². The van der Waals surface area contributed by atoms with Crippen LogP contribution in [0.15, 0.2) is 77.7 Å². The van der Waals surface area contributed by atoms with Crippen LogP contribution in [0.25, 0.3) is 16.6 Å². The van der Waals surface area contributed by atoms with Crippen molar-refractivity contribution in [2.75, 3.05) is 12.4 Å². The lowest BCUT2D eigenvalue weighted by atomic mass is 10.0. The van der Waals surface area contributed by atoms with E-state index in [1.54, 1.807) is 35.6 Å². The minimum Gasteiger partial charge on any atom is -0.497 e. The summed E-state index contributed by atoms with van der Waals surface area (Å²) in [4.78, 5) is 26.6. The number of anilines is 1. The van der Waals surface area contributed by atoms with Crippen LogP contribution < -0.4 is 20.3 Å². The van der Waals surface area contributed by atoms with Crippen molar-refractivity contribution < 1.29 is 45.0 Å². The number of fused-ring (bicyclic) bond motifs is 1. The van der Waals surface area contributed by atoms with Crippen LogP contribution in [0.5, 0.6) is 11.5 Å². The molecule has 1 amide bonds. The summed E-state index contributed by atoms with van der Waals surface area (Å²) in [6, 6.07) is 14.3. The van der Waals surface area contributed by atoms with Crippen molar-refractivity contribution in [3.05, 3.63) is 118 Å². The maximum absolute atomic E-state index is 15.1. The number of carbonyl (C=O) groups is 1. The number of hydrogen-bond acceptors (Lipinski definition) is 4. The van der Waals surface area contributed by atoms with Crippen molar-refractivity contribution in [2.24, 2.45) is 0 Å². The van der Waals surface area contributed by atoms with Gasteiger partial charge in [-0.2, -0.15) is 0 Å². The second-order valence-electron chi connectivity index (χ2n) is 9.05. The number of hydrogen-bond donors (Lipinski definition) is 1. The van der Waals surface area contributed by atoms with E-state index in [1.807, 2.05) is 0 Å². The molecule has 7 nitrogen and oxygen atoms in total. The average Bonchev–Trinajstić information content (AvgIpc) is 3.25. The first-order chi connectivity index (χ1) is 20.4. The van der Waals surface area contributed by atoms with Crippen molar-refractivity contribution in [3.8, 4) is 22.6 Å². The molecule has 0 spiro atoms. The molecule has 5 aromatic rings. The molecule has 14 heteroatoms. The lowest BCUT2D eigenvalue weighted by molar-refractivity contribution is -0.274. The van der Waals surface area contributed by atoms with Crippen LogP contribution in [0.3, 0.4) is 0 Å². The van der Waals surface area contributed by atoms with E-state index in [0.29, 0.717) is 17.4 Å². The second-order valence-corrected chi connectivity index (χ2v) is 9.05. The number of ether oxygens (including phenoxy) is 2. The summed E-state index contributed by atoms with van der Waals surface area (Å²) in [5.74, 6) is -9.80. The van der Waals surface area contributed by atoms with Gasteiger partial charge in [-0.1, -0.05) is 30.3 Å². The van der Waals surface area contributed by atoms with Crippen molar-refractivity contribution in [3.63, 3.8) is 0 Å². The molecule has 0 aliphatic rings. The highest BCUT2D eigenvalue weighted by Crippen LogP contribution is 2.36. The smallest absolute Gasteiger partial charge is 0.497 e. The molecule has 0 unspecified atom stereocenters. The Bertz CT molecular complexity index is 1890. The normalized spacial score (nSPS) is 11.5. The molecule has 0 aliphatic carbocycles. The first-order valence-electron chi connectivity index (χ1n) is 12.3. The van der Waals surface area contributed by atoms with Crippen LogP contribution >= 0.6 is 0 Å². The molecular weight excluding hydrogens is 587 g/mol. The second kappa shape index (κ2) is 11.2. The van der Waals surface area contributed by atoms with Gasteiger partial charge in [0, 0.05) is 6.20 Å². The summed E-state index contributed by atoms with van der Waals surface area (Å²) in [6.45, 7) is -0.0287. The largest absolute Gasteiger partial charge is 0.573 e. The lowest BCUT2D eigenvalue weighted by Gasteiger charge is -2.14. The summed E-state index contributed by atoms with van der Waals surface area (Å²) in [5, 5.41) is 1.74. The quantitative estimate of drug-likeness (QED) is 0.169. The summed E-state index contributed by atoms with van der Waals surface area (Å²) < 4.78 is 109. The number of aromatic nitrogens is 2. The van der Waals surface area contributed by atoms with E-state index >= 15 is 17.6 Å². The first kappa shape index (κ1) is 29.2. The van der Waals surface area contributed by atoms with Gasteiger partial charge in [-0.3, -0.25) is 14.1 Å². The highest BCUT2D eigenvalue weighted by atomic mass is 19.4. The predicted molar refractivity (Wildman–Crippen MR) is 140 cm³/mol. The van der Waals surface area contributed by atoms with Gasteiger partial charge in [-0.15, -0.1) is 13.2 Å². The van der Waals surface area contributed by atoms with Crippen LogP contribution in [-0.4, -0.2) is 28.6 Å². The van der Waals surface area contributed by atoms with Crippen molar-refractivity contribution in [1.29, 1.82) is 0 Å². The number of rotatable bonds is 7. The number of nitrogens with one attached hydrogen (secondary N) is 1. The fourth-order valence-corrected chi connectivity index (χ4v) is 4.46. The third-order valence-corrected chi connectivity index (χ3v) is 6.38. The minimum absolute atomic E-state index is 0.0263. The SMILES string of the molecule is COc1ccc(Cn2c(=O)c(C(=O)Nc3c(F)c(F)c(-c4cccc(OC(F)(F)F)c4)c(F)c3F)c3ccccn32)cc1. The number of alkyl halides is 3. The van der Waals surface area contributed by atoms with Gasteiger partial charge < -0.3 is 14.8 Å². The van der Waals surface area contributed by atoms with Gasteiger partial charge in [0.1, 0.15) is 22.7 Å². The van der Waals surface area contributed by atoms with Gasteiger partial charge in [-0.05, 0) is 47.5 Å². The molecule has 3 aromatic carbocycles. The summed E-state index contributed by atoms with van der Waals surface area (Å²) >= 11 is 0. The molecule has 43 heavy (non-hydrogen) atoms. The Morgan fingerprint density at radius 2 is 1.53 bits per heavy atom. The Morgan fingerprint density at radius 1 is 0.860 bits per heavy atom. The number of amides is 1. The van der Waals surface area contributed by atoms with Crippen molar-refractivity contribution >= 4 is 17.1 Å². The molecule has 0 saturated heterocycles. The Hall–Kier alpha value is -5.27. The molecule has 2 heterocycles. The number of benzene rings is 3. The van der Waals surface area contributed by atoms with Crippen molar-refractivity contribution in [1.82, 2.24) is 9.20 Å². The summed E-state index contributed by atoms with van der Waals surface area (Å²) in [7, 11) is 1.48. The third-order valence-electron chi connectivity index (χ3n) is 6.38. The Kier molecular flexibility index (Phi) is 7.61. The lowest BCUT2D eigenvalue weighted by Crippen LogP contribution is -2.26. The molecule has 2 aromatic heterocycles. The molecule has 0 aliphatic heterocycles. The molecule has 0 bridgehead atoms. The van der Waals surface area contributed by atoms with Crippen LogP contribution in [0, 0.1) is 23.3 Å². The van der Waals surface area contributed by atoms with Crippen LogP contribution in [0.2, 0.25) is 0 Å². The van der Waals surface area contributed by atoms with Gasteiger partial charge in [0.05, 0.1) is 24.7 Å². The first-order valence-corrected chi connectivity index (χ1v) is 12.3. The zero-order valence-corrected chi connectivity index (χ0v) is 21.8. The Labute approximate surface area is 237 Å². The number of methoxy groups -OCH3 is 1. The standard InChI is InChI=1S/C29H18F7N3O4/c1-42-17-10-8-15(9-11-17)14-39-28(41)21(19-7-2-3-12-38(19)39)27(40)37-26-24(32)22(30)20(23(31)25(26)33)16-5-4-6-18(13-16)43-29(34,35)36/h2-13H,14H2,1H3,(H,37,40). The molecule has 0 saturated carbocycles. The third kappa shape index (κ3) is 5.63. The van der Waals surface area contributed by atoms with Gasteiger partial charge in [0.25, 0.3) is 11.5 Å². The van der Waals surface area contributed by atoms with E-state index in [1.165, 1.54) is 34.6 Å². The molecule has 1 N–H and O–H groups in total. The maximum Gasteiger partial charge on any atom is 0.573 e. The molecule has 0 fully saturated rings. The number of halogens is 7. The van der Waals surface area contributed by atoms with Crippen LogP contribution in [0.4, 0.5) is 36.4 Å². The van der Waals surface area contributed by atoms with E-state index in [9.17, 15) is 22.8 Å². The van der Waals surface area contributed by atoms with Gasteiger partial charge in [-0.25, -0.2) is 22.2 Å². The fraction of sp³-hybridized carbons (Fsp3) is 0.103. The van der Waals surface area contributed by atoms with Crippen molar-refractivity contribution in [2.45, 2.75) is 12.9 Å². The number of pyridine rings is 1. The summed E-state index contributed by atoms with van der Waals surface area (Å²) in [5.41, 5.74) is -4.33. The maximum atomic E-state index is 15.1. The zero-order valence-electron chi connectivity index (χ0n) is 21.8. The van der Waals surface area contributed by atoms with E-state index < -0.39 is 69.2 Å². The van der Waals surface area contributed by atoms with E-state index in [0.717, 1.165) is 18.2 Å². The number of nitrogens with zero attached hydrogens (tertiary/aromatic N) is 2. The molecule has 222 valence electrons. The monoisotopic (exact) mass is 605 g/mol. The Balaban J connectivity index is 1.53. The van der Waals surface area contributed by atoms with Gasteiger partial charge >= 0.3 is 6.36 Å². The average molecular weight is 605 g/mol. The fourth-order valence-electron chi connectivity index (χ4n) is 4.46. The highest BCUT2D eigenvalue weighted by molar-refractivity contribution is 6.09. The van der Waals surface area contributed by atoms with Crippen LogP contribution in [0.1, 0.15) is 15.9 Å². The van der Waals surface area contributed by atoms with Gasteiger partial charge in [0.2, 0.25) is 0 Å². The Morgan fingerprint density at radius 3 is 2.16 bits per heavy atom. The molecule has 5 rings (SSSR count). The van der Waals surface area contributed by atoms with E-state index in [-0.39, 0.29) is 12.1 Å². The van der Waals surface area contributed by atoms with E-state index in [2.05, 4.69) is 4.74 Å². The van der Waals surface area contributed by atoms with Gasteiger partial charge in [0.15, 0.2) is 23.3 Å². The highest BCUT2D eigenvalue weighted by Gasteiger charge is 2.32. The molecule has 0 radical (unpaired) electrons. The molecule has 0 atom stereocenters. The predicted octanol–water partition coefficient (Wildman–Crippen LogP) is 6.53. The van der Waals surface area contributed by atoms with E-state index in [4.69, 9.17) is 4.74 Å². The minimum atomic E-state index is -5.14. The summed E-state index contributed by atoms with van der Waals surface area (Å²) in [6.07, 6.45) is -3.68. The molecular formula is C29H18F7N3O4. The number of carbonyl (C=O) groups excluding carboxylic acids is 1.